The summed E-state index contributed by atoms with van der Waals surface area (Å²) in [6, 6.07) is 32.0. The molecule has 0 unspecified atom stereocenters. The molecule has 0 aliphatic rings. The molecule has 0 amide bonds. The highest BCUT2D eigenvalue weighted by molar-refractivity contribution is 6.22. The quantitative estimate of drug-likeness (QED) is 0.270. The fraction of sp³-hybridized carbons (Fsp3) is 0. The van der Waals surface area contributed by atoms with Gasteiger partial charge in [-0.3, -0.25) is 0 Å². The van der Waals surface area contributed by atoms with Gasteiger partial charge in [-0.2, -0.15) is 0 Å². The van der Waals surface area contributed by atoms with Gasteiger partial charge in [0.15, 0.2) is 0 Å². The molecule has 0 saturated carbocycles. The molecule has 0 bridgehead atoms. The van der Waals surface area contributed by atoms with Gasteiger partial charge in [0.1, 0.15) is 0 Å². The first kappa shape index (κ1) is 18.0. The van der Waals surface area contributed by atoms with Crippen molar-refractivity contribution >= 4 is 33.2 Å². The first-order valence-electron chi connectivity index (χ1n) is 9.77. The van der Waals surface area contributed by atoms with Crippen LogP contribution in [0.1, 0.15) is 10.4 Å². The number of carboxylic acids is 1. The van der Waals surface area contributed by atoms with E-state index in [1.54, 1.807) is 12.1 Å². The van der Waals surface area contributed by atoms with Gasteiger partial charge in [0.25, 0.3) is 0 Å². The van der Waals surface area contributed by atoms with Crippen molar-refractivity contribution in [3.8, 4) is 22.3 Å². The zero-order chi connectivity index (χ0) is 20.7. The molecule has 0 atom stereocenters. The van der Waals surface area contributed by atoms with Crippen molar-refractivity contribution in [3.63, 3.8) is 0 Å². The number of fused-ring (bicyclic) bond motifs is 2. The zero-order valence-corrected chi connectivity index (χ0v) is 16.2. The summed E-state index contributed by atoms with van der Waals surface area (Å²) in [6.07, 6.45) is 0. The second-order valence-electron chi connectivity index (χ2n) is 7.32. The van der Waals surface area contributed by atoms with Crippen LogP contribution in [-0.2, 0) is 0 Å². The molecule has 5 aromatic rings. The number of carbonyl (C=O) groups is 1. The Morgan fingerprint density at radius 1 is 0.600 bits per heavy atom. The van der Waals surface area contributed by atoms with Gasteiger partial charge in [0.05, 0.1) is 5.56 Å². The van der Waals surface area contributed by atoms with Crippen LogP contribution in [-0.4, -0.2) is 11.1 Å². The lowest BCUT2D eigenvalue weighted by atomic mass is 9.85. The van der Waals surface area contributed by atoms with Crippen LogP contribution in [0.2, 0.25) is 0 Å². The minimum Gasteiger partial charge on any atom is -0.478 e. The third-order valence-corrected chi connectivity index (χ3v) is 5.55. The van der Waals surface area contributed by atoms with Gasteiger partial charge in [0, 0.05) is 5.69 Å². The van der Waals surface area contributed by atoms with Crippen molar-refractivity contribution in [2.45, 2.75) is 0 Å². The van der Waals surface area contributed by atoms with Crippen molar-refractivity contribution in [3.05, 3.63) is 103 Å². The average Bonchev–Trinajstić information content (AvgIpc) is 2.78. The highest BCUT2D eigenvalue weighted by atomic mass is 16.4. The van der Waals surface area contributed by atoms with Crippen LogP contribution in [0.25, 0.3) is 43.8 Å². The lowest BCUT2D eigenvalue weighted by Crippen LogP contribution is -2.03. The number of carboxylic acid groups (broad SMARTS) is 1. The Balaban J connectivity index is 2.06. The molecule has 3 heteroatoms. The summed E-state index contributed by atoms with van der Waals surface area (Å²) in [5.74, 6) is -1.03. The Hall–Kier alpha value is -4.11. The van der Waals surface area contributed by atoms with Gasteiger partial charge in [-0.05, 0) is 55.9 Å². The largest absolute Gasteiger partial charge is 0.478 e. The summed E-state index contributed by atoms with van der Waals surface area (Å²) < 4.78 is 0. The molecule has 144 valence electrons. The Labute approximate surface area is 174 Å². The monoisotopic (exact) mass is 389 g/mol. The predicted octanol–water partition coefficient (Wildman–Crippen LogP) is 6.61. The van der Waals surface area contributed by atoms with Gasteiger partial charge >= 0.3 is 5.97 Å². The van der Waals surface area contributed by atoms with E-state index in [1.165, 1.54) is 0 Å². The maximum absolute atomic E-state index is 11.9. The van der Waals surface area contributed by atoms with E-state index in [4.69, 9.17) is 5.73 Å². The smallest absolute Gasteiger partial charge is 0.337 e. The van der Waals surface area contributed by atoms with E-state index in [9.17, 15) is 9.90 Å². The minimum absolute atomic E-state index is 0.119. The molecule has 0 aliphatic carbocycles. The lowest BCUT2D eigenvalue weighted by Gasteiger charge is -2.19. The van der Waals surface area contributed by atoms with Crippen molar-refractivity contribution in [1.29, 1.82) is 0 Å². The summed E-state index contributed by atoms with van der Waals surface area (Å²) in [5.41, 5.74) is 10.8. The summed E-state index contributed by atoms with van der Waals surface area (Å²) >= 11 is 0. The highest BCUT2D eigenvalue weighted by Gasteiger charge is 2.19. The molecule has 0 heterocycles. The number of anilines is 1. The van der Waals surface area contributed by atoms with Crippen molar-refractivity contribution in [2.75, 3.05) is 5.73 Å². The van der Waals surface area contributed by atoms with E-state index < -0.39 is 5.97 Å². The Bertz CT molecular complexity index is 1410. The fourth-order valence-corrected chi connectivity index (χ4v) is 4.26. The second kappa shape index (κ2) is 7.05. The van der Waals surface area contributed by atoms with Gasteiger partial charge in [-0.25, -0.2) is 4.79 Å². The van der Waals surface area contributed by atoms with Gasteiger partial charge < -0.3 is 10.8 Å². The molecule has 30 heavy (non-hydrogen) atoms. The number of hydrogen-bond acceptors (Lipinski definition) is 2. The average molecular weight is 389 g/mol. The van der Waals surface area contributed by atoms with E-state index in [0.717, 1.165) is 43.8 Å². The summed E-state index contributed by atoms with van der Waals surface area (Å²) in [6.45, 7) is 0. The third-order valence-electron chi connectivity index (χ3n) is 5.55. The van der Waals surface area contributed by atoms with Crippen LogP contribution in [0.4, 0.5) is 5.69 Å². The van der Waals surface area contributed by atoms with E-state index in [0.29, 0.717) is 0 Å². The molecule has 0 spiro atoms. The molecule has 3 nitrogen and oxygen atoms in total. The normalized spacial score (nSPS) is 11.1. The molecule has 0 aliphatic heterocycles. The molecular weight excluding hydrogens is 370 g/mol. The fourth-order valence-electron chi connectivity index (χ4n) is 4.26. The van der Waals surface area contributed by atoms with E-state index >= 15 is 0 Å². The number of hydrogen-bond donors (Lipinski definition) is 2. The van der Waals surface area contributed by atoms with Crippen molar-refractivity contribution in [1.82, 2.24) is 0 Å². The standard InChI is InChI=1S/C27H19NO2/c28-24-16-22-21(15-23(24)27(29)30)25(17-9-3-1-4-10-17)19-13-7-8-14-20(19)26(22)18-11-5-2-6-12-18/h1-16H,28H2,(H,29,30). The number of benzene rings is 5. The van der Waals surface area contributed by atoms with Crippen LogP contribution in [0, 0.1) is 0 Å². The third kappa shape index (κ3) is 2.80. The topological polar surface area (TPSA) is 63.3 Å². The number of aromatic carboxylic acids is 1. The Morgan fingerprint density at radius 2 is 1.03 bits per heavy atom. The molecule has 0 aromatic heterocycles. The first-order chi connectivity index (χ1) is 14.6. The number of nitrogen functional groups attached to an aromatic ring is 1. The molecule has 5 aromatic carbocycles. The molecule has 0 saturated heterocycles. The second-order valence-corrected chi connectivity index (χ2v) is 7.32. The van der Waals surface area contributed by atoms with Crippen LogP contribution >= 0.6 is 0 Å². The predicted molar refractivity (Wildman–Crippen MR) is 124 cm³/mol. The number of nitrogens with two attached hydrogens (primary N) is 1. The molecule has 5 rings (SSSR count). The Kier molecular flexibility index (Phi) is 4.22. The molecular formula is C27H19NO2. The summed E-state index contributed by atoms with van der Waals surface area (Å²) in [4.78, 5) is 11.9. The lowest BCUT2D eigenvalue weighted by molar-refractivity contribution is 0.0698. The zero-order valence-electron chi connectivity index (χ0n) is 16.2. The first-order valence-corrected chi connectivity index (χ1v) is 9.77. The molecule has 3 N–H and O–H groups in total. The summed E-state index contributed by atoms with van der Waals surface area (Å²) in [7, 11) is 0. The van der Waals surface area contributed by atoms with Gasteiger partial charge in [-0.15, -0.1) is 0 Å². The molecule has 0 radical (unpaired) electrons. The highest BCUT2D eigenvalue weighted by Crippen LogP contribution is 2.44. The van der Waals surface area contributed by atoms with E-state index in [2.05, 4.69) is 36.4 Å². The van der Waals surface area contributed by atoms with Crippen LogP contribution in [0.5, 0.6) is 0 Å². The van der Waals surface area contributed by atoms with Crippen LogP contribution in [0.15, 0.2) is 97.1 Å². The van der Waals surface area contributed by atoms with Gasteiger partial charge in [0.2, 0.25) is 0 Å². The minimum atomic E-state index is -1.03. The Morgan fingerprint density at radius 3 is 1.50 bits per heavy atom. The SMILES string of the molecule is Nc1cc2c(-c3ccccc3)c3ccccc3c(-c3ccccc3)c2cc1C(=O)O. The van der Waals surface area contributed by atoms with E-state index in [-0.39, 0.29) is 11.3 Å². The maximum Gasteiger partial charge on any atom is 0.337 e. The maximum atomic E-state index is 11.9. The van der Waals surface area contributed by atoms with Gasteiger partial charge in [-0.1, -0.05) is 84.9 Å². The molecule has 0 fully saturated rings. The van der Waals surface area contributed by atoms with Crippen molar-refractivity contribution < 1.29 is 9.90 Å². The van der Waals surface area contributed by atoms with Crippen LogP contribution in [0.3, 0.4) is 0 Å². The number of rotatable bonds is 3. The summed E-state index contributed by atoms with van der Waals surface area (Å²) in [5, 5.41) is 13.7. The van der Waals surface area contributed by atoms with Crippen molar-refractivity contribution in [2.24, 2.45) is 0 Å². The van der Waals surface area contributed by atoms with E-state index in [1.807, 2.05) is 48.5 Å². The van der Waals surface area contributed by atoms with Crippen LogP contribution < -0.4 is 5.73 Å².